The topological polar surface area (TPSA) is 155 Å². The molecule has 0 aliphatic carbocycles. The van der Waals surface area contributed by atoms with Gasteiger partial charge in [0.15, 0.2) is 0 Å². The Balaban J connectivity index is 1.74. The zero-order chi connectivity index (χ0) is 32.5. The first-order valence-corrected chi connectivity index (χ1v) is 14.9. The highest BCUT2D eigenvalue weighted by Gasteiger charge is 2.28. The number of aromatic nitrogens is 1. The van der Waals surface area contributed by atoms with Gasteiger partial charge in [0.25, 0.3) is 11.2 Å². The number of H-pyrrole nitrogens is 1. The Morgan fingerprint density at radius 2 is 1.91 bits per heavy atom. The van der Waals surface area contributed by atoms with Crippen molar-refractivity contribution in [2.75, 3.05) is 25.1 Å². The molecule has 2 unspecified atom stereocenters. The van der Waals surface area contributed by atoms with Crippen LogP contribution >= 0.6 is 0 Å². The number of nitro benzene ring substituents is 1. The molecule has 0 bridgehead atoms. The lowest BCUT2D eigenvalue weighted by atomic mass is 9.93. The molecular weight excluding hydrogens is 576 g/mol. The number of hydrogen-bond donors (Lipinski definition) is 3. The van der Waals surface area contributed by atoms with E-state index in [4.69, 9.17) is 4.74 Å². The van der Waals surface area contributed by atoms with Gasteiger partial charge in [0.2, 0.25) is 5.91 Å². The number of carbonyl (C=O) groups is 2. The first-order chi connectivity index (χ1) is 21.6. The average Bonchev–Trinajstić information content (AvgIpc) is 3.03. The Hall–Kier alpha value is -5.03. The van der Waals surface area contributed by atoms with Crippen molar-refractivity contribution in [2.24, 2.45) is 0 Å². The van der Waals surface area contributed by atoms with Gasteiger partial charge in [-0.1, -0.05) is 43.3 Å². The molecule has 1 amide bonds. The van der Waals surface area contributed by atoms with Crippen LogP contribution in [0.2, 0.25) is 0 Å². The number of pyridine rings is 1. The fourth-order valence-corrected chi connectivity index (χ4v) is 5.34. The van der Waals surface area contributed by atoms with Gasteiger partial charge in [0.05, 0.1) is 11.5 Å². The van der Waals surface area contributed by atoms with E-state index in [0.717, 1.165) is 16.5 Å². The molecule has 1 aromatic heterocycles. The lowest BCUT2D eigenvalue weighted by Crippen LogP contribution is -2.38. The van der Waals surface area contributed by atoms with Crippen molar-refractivity contribution in [1.82, 2.24) is 9.88 Å². The number of ether oxygens (including phenoxy) is 1. The summed E-state index contributed by atoms with van der Waals surface area (Å²) in [6.45, 7) is 6.04. The highest BCUT2D eigenvalue weighted by atomic mass is 16.6. The van der Waals surface area contributed by atoms with Crippen LogP contribution in [0.3, 0.4) is 0 Å². The van der Waals surface area contributed by atoms with Crippen LogP contribution in [0.1, 0.15) is 60.9 Å². The van der Waals surface area contributed by atoms with E-state index in [0.29, 0.717) is 28.6 Å². The summed E-state index contributed by atoms with van der Waals surface area (Å²) in [5, 5.41) is 25.7. The van der Waals surface area contributed by atoms with E-state index in [9.17, 15) is 29.6 Å². The molecule has 236 valence electrons. The summed E-state index contributed by atoms with van der Waals surface area (Å²) in [5.74, 6) is -0.795. The highest BCUT2D eigenvalue weighted by molar-refractivity contribution is 5.89. The summed E-state index contributed by atoms with van der Waals surface area (Å²) in [5.41, 5.74) is 3.26. The second kappa shape index (κ2) is 15.1. The van der Waals surface area contributed by atoms with E-state index < -0.39 is 11.0 Å². The lowest BCUT2D eigenvalue weighted by molar-refractivity contribution is -0.384. The number of non-ortho nitro benzene ring substituents is 1. The van der Waals surface area contributed by atoms with Crippen LogP contribution in [-0.4, -0.2) is 51.5 Å². The molecule has 3 N–H and O–H groups in total. The SMILES string of the molecule is CCOC(=O)CCCN(Cc1cccc([N+](=O)[O-])c1)C(=O)C(Nc1ccc2cc[nH]c(=O)c2c1)c1ccc(C(C)CO)c(C)c1. The van der Waals surface area contributed by atoms with Gasteiger partial charge in [-0.15, -0.1) is 0 Å². The van der Waals surface area contributed by atoms with Crippen LogP contribution in [0.4, 0.5) is 11.4 Å². The van der Waals surface area contributed by atoms with E-state index in [-0.39, 0.29) is 61.8 Å². The zero-order valence-corrected chi connectivity index (χ0v) is 25.6. The second-order valence-corrected chi connectivity index (χ2v) is 11.0. The number of carbonyl (C=O) groups excluding carboxylic acids is 2. The molecule has 4 rings (SSSR count). The minimum absolute atomic E-state index is 0.0239. The first kappa shape index (κ1) is 32.9. The molecule has 2 atom stereocenters. The number of amides is 1. The third-order valence-corrected chi connectivity index (χ3v) is 7.69. The van der Waals surface area contributed by atoms with Crippen molar-refractivity contribution in [3.05, 3.63) is 116 Å². The van der Waals surface area contributed by atoms with Crippen molar-refractivity contribution in [1.29, 1.82) is 0 Å². The fourth-order valence-electron chi connectivity index (χ4n) is 5.34. The first-order valence-electron chi connectivity index (χ1n) is 14.9. The minimum atomic E-state index is -0.913. The molecule has 0 fully saturated rings. The number of aliphatic hydroxyl groups excluding tert-OH is 1. The predicted octanol–water partition coefficient (Wildman–Crippen LogP) is 5.37. The number of aliphatic hydroxyl groups is 1. The number of fused-ring (bicyclic) bond motifs is 1. The summed E-state index contributed by atoms with van der Waals surface area (Å²) < 4.78 is 5.06. The quantitative estimate of drug-likeness (QED) is 0.0973. The summed E-state index contributed by atoms with van der Waals surface area (Å²) in [6, 6.07) is 17.9. The molecule has 11 heteroatoms. The van der Waals surface area contributed by atoms with Gasteiger partial charge in [-0.2, -0.15) is 0 Å². The van der Waals surface area contributed by atoms with Crippen LogP contribution in [0.15, 0.2) is 77.7 Å². The third-order valence-electron chi connectivity index (χ3n) is 7.69. The Labute approximate surface area is 261 Å². The molecule has 0 spiro atoms. The van der Waals surface area contributed by atoms with Crippen LogP contribution in [0.25, 0.3) is 10.8 Å². The summed E-state index contributed by atoms with van der Waals surface area (Å²) in [4.78, 5) is 54.3. The smallest absolute Gasteiger partial charge is 0.305 e. The van der Waals surface area contributed by atoms with Crippen LogP contribution in [-0.2, 0) is 20.9 Å². The fraction of sp³-hybridized carbons (Fsp3) is 0.324. The van der Waals surface area contributed by atoms with E-state index in [2.05, 4.69) is 10.3 Å². The maximum absolute atomic E-state index is 14.5. The predicted molar refractivity (Wildman–Crippen MR) is 172 cm³/mol. The molecular formula is C34H38N4O7. The van der Waals surface area contributed by atoms with Crippen molar-refractivity contribution in [3.8, 4) is 0 Å². The van der Waals surface area contributed by atoms with Gasteiger partial charge in [-0.3, -0.25) is 24.5 Å². The largest absolute Gasteiger partial charge is 0.466 e. The zero-order valence-electron chi connectivity index (χ0n) is 25.6. The molecule has 4 aromatic rings. The number of nitro groups is 1. The number of hydrogen-bond acceptors (Lipinski definition) is 8. The van der Waals surface area contributed by atoms with Crippen molar-refractivity contribution >= 4 is 34.0 Å². The van der Waals surface area contributed by atoms with Gasteiger partial charge in [-0.25, -0.2) is 0 Å². The van der Waals surface area contributed by atoms with Crippen LogP contribution in [0, 0.1) is 17.0 Å². The Kier molecular flexibility index (Phi) is 11.0. The van der Waals surface area contributed by atoms with Gasteiger partial charge >= 0.3 is 5.97 Å². The molecule has 45 heavy (non-hydrogen) atoms. The Morgan fingerprint density at radius 1 is 1.11 bits per heavy atom. The van der Waals surface area contributed by atoms with Gasteiger partial charge in [0.1, 0.15) is 6.04 Å². The van der Waals surface area contributed by atoms with Crippen molar-refractivity contribution < 1.29 is 24.4 Å². The summed E-state index contributed by atoms with van der Waals surface area (Å²) in [7, 11) is 0. The van der Waals surface area contributed by atoms with Crippen LogP contribution in [0.5, 0.6) is 0 Å². The van der Waals surface area contributed by atoms with E-state index in [1.807, 2.05) is 32.0 Å². The summed E-state index contributed by atoms with van der Waals surface area (Å²) >= 11 is 0. The lowest BCUT2D eigenvalue weighted by Gasteiger charge is -2.29. The molecule has 11 nitrogen and oxygen atoms in total. The summed E-state index contributed by atoms with van der Waals surface area (Å²) in [6.07, 6.45) is 2.00. The number of benzene rings is 3. The normalized spacial score (nSPS) is 12.4. The number of nitrogens with zero attached hydrogens (tertiary/aromatic N) is 2. The highest BCUT2D eigenvalue weighted by Crippen LogP contribution is 2.29. The maximum atomic E-state index is 14.5. The number of nitrogens with one attached hydrogen (secondary N) is 2. The maximum Gasteiger partial charge on any atom is 0.305 e. The molecule has 1 heterocycles. The number of anilines is 1. The van der Waals surface area contributed by atoms with E-state index in [1.54, 1.807) is 54.4 Å². The average molecular weight is 615 g/mol. The Bertz CT molecular complexity index is 1740. The third kappa shape index (κ3) is 8.33. The number of aryl methyl sites for hydroxylation is 1. The van der Waals surface area contributed by atoms with Crippen LogP contribution < -0.4 is 10.9 Å². The standard InChI is InChI=1S/C34H38N4O7/c1-4-45-31(40)9-6-16-37(20-24-7-5-8-28(18-24)38(43)44)34(42)32(26-11-13-29(22(2)17-26)23(3)21-39)36-27-12-10-25-14-15-35-33(41)30(25)19-27/h5,7-8,10-15,17-19,23,32,36,39H,4,6,9,16,20-21H2,1-3H3,(H,35,41). The molecule has 0 saturated carbocycles. The second-order valence-electron chi connectivity index (χ2n) is 11.0. The number of esters is 1. The molecule has 3 aromatic carbocycles. The minimum Gasteiger partial charge on any atom is -0.466 e. The van der Waals surface area contributed by atoms with Crippen molar-refractivity contribution in [3.63, 3.8) is 0 Å². The Morgan fingerprint density at radius 3 is 2.62 bits per heavy atom. The number of rotatable bonds is 14. The molecule has 0 saturated heterocycles. The van der Waals surface area contributed by atoms with Gasteiger partial charge < -0.3 is 25.0 Å². The van der Waals surface area contributed by atoms with E-state index in [1.165, 1.54) is 12.1 Å². The van der Waals surface area contributed by atoms with Crippen molar-refractivity contribution in [2.45, 2.75) is 52.1 Å². The monoisotopic (exact) mass is 614 g/mol. The molecule has 0 aliphatic heterocycles. The van der Waals surface area contributed by atoms with Gasteiger partial charge in [0, 0.05) is 61.4 Å². The molecule has 0 radical (unpaired) electrons. The van der Waals surface area contributed by atoms with Gasteiger partial charge in [-0.05, 0) is 66.1 Å². The molecule has 0 aliphatic rings. The van der Waals surface area contributed by atoms with E-state index >= 15 is 0 Å². The number of aromatic amines is 1.